The average Bonchev–Trinajstić information content (AvgIpc) is 2.77. The molecule has 0 aliphatic heterocycles. The van der Waals surface area contributed by atoms with Crippen molar-refractivity contribution >= 4 is 5.78 Å². The van der Waals surface area contributed by atoms with Crippen LogP contribution in [0.5, 0.6) is 0 Å². The van der Waals surface area contributed by atoms with Crippen LogP contribution < -0.4 is 0 Å². The molecule has 0 saturated heterocycles. The van der Waals surface area contributed by atoms with Crippen LogP contribution in [0.3, 0.4) is 0 Å². The van der Waals surface area contributed by atoms with Crippen molar-refractivity contribution < 1.29 is 9.90 Å². The van der Waals surface area contributed by atoms with E-state index in [1.54, 1.807) is 5.57 Å². The number of allylic oxidation sites excluding steroid dienone is 1. The van der Waals surface area contributed by atoms with Gasteiger partial charge < -0.3 is 5.11 Å². The summed E-state index contributed by atoms with van der Waals surface area (Å²) in [6, 6.07) is 0. The lowest BCUT2D eigenvalue weighted by Crippen LogP contribution is -2.51. The molecule has 0 heterocycles. The Hall–Kier alpha value is -0.630. The van der Waals surface area contributed by atoms with E-state index in [2.05, 4.69) is 20.8 Å². The number of rotatable bonds is 0. The van der Waals surface area contributed by atoms with E-state index in [-0.39, 0.29) is 11.5 Å². The Kier molecular flexibility index (Phi) is 3.18. The summed E-state index contributed by atoms with van der Waals surface area (Å²) in [4.78, 5) is 12.4. The fraction of sp³-hybridized carbons (Fsp3) is 0.850. The van der Waals surface area contributed by atoms with Crippen LogP contribution in [-0.4, -0.2) is 17.0 Å². The minimum Gasteiger partial charge on any atom is -0.393 e. The van der Waals surface area contributed by atoms with Crippen LogP contribution in [-0.2, 0) is 4.79 Å². The molecule has 3 saturated carbocycles. The molecule has 0 radical (unpaired) electrons. The normalized spacial score (nSPS) is 51.4. The van der Waals surface area contributed by atoms with Crippen molar-refractivity contribution in [1.29, 1.82) is 0 Å². The third kappa shape index (κ3) is 1.79. The van der Waals surface area contributed by atoms with E-state index in [1.165, 1.54) is 18.4 Å². The van der Waals surface area contributed by atoms with Gasteiger partial charge in [-0.25, -0.2) is 0 Å². The molecular formula is C20H30O2. The molecule has 2 heteroatoms. The Morgan fingerprint density at radius 3 is 2.45 bits per heavy atom. The molecule has 0 aromatic rings. The largest absolute Gasteiger partial charge is 0.393 e. The number of hydrogen-bond acceptors (Lipinski definition) is 2. The van der Waals surface area contributed by atoms with Crippen molar-refractivity contribution in [2.75, 3.05) is 0 Å². The highest BCUT2D eigenvalue weighted by Crippen LogP contribution is 2.65. The highest BCUT2D eigenvalue weighted by Gasteiger charge is 2.59. The van der Waals surface area contributed by atoms with Gasteiger partial charge in [-0.1, -0.05) is 25.0 Å². The van der Waals surface area contributed by atoms with Crippen LogP contribution >= 0.6 is 0 Å². The van der Waals surface area contributed by atoms with Gasteiger partial charge in [0.25, 0.3) is 0 Å². The fourth-order valence-electron chi connectivity index (χ4n) is 6.87. The van der Waals surface area contributed by atoms with Gasteiger partial charge in [0, 0.05) is 11.8 Å². The maximum atomic E-state index is 12.4. The van der Waals surface area contributed by atoms with Crippen LogP contribution in [0.4, 0.5) is 0 Å². The van der Waals surface area contributed by atoms with Crippen LogP contribution in [0.15, 0.2) is 11.1 Å². The monoisotopic (exact) mass is 302 g/mol. The number of aliphatic hydroxyl groups is 1. The Morgan fingerprint density at radius 1 is 1.00 bits per heavy atom. The minimum atomic E-state index is -0.128. The summed E-state index contributed by atoms with van der Waals surface area (Å²) in [7, 11) is 0. The molecule has 0 bridgehead atoms. The quantitative estimate of drug-likeness (QED) is 0.679. The maximum absolute atomic E-state index is 12.4. The Balaban J connectivity index is 1.74. The smallest absolute Gasteiger partial charge is 0.139 e. The van der Waals surface area contributed by atoms with Crippen LogP contribution in [0, 0.1) is 28.6 Å². The van der Waals surface area contributed by atoms with Gasteiger partial charge in [0.15, 0.2) is 0 Å². The maximum Gasteiger partial charge on any atom is 0.139 e. The minimum absolute atomic E-state index is 0.0243. The number of ketones is 1. The highest BCUT2D eigenvalue weighted by molar-refractivity contribution is 5.87. The molecule has 0 aromatic carbocycles. The molecule has 2 nitrogen and oxygen atoms in total. The molecule has 4 aliphatic rings. The van der Waals surface area contributed by atoms with E-state index in [0.29, 0.717) is 23.0 Å². The van der Waals surface area contributed by atoms with Crippen molar-refractivity contribution in [2.45, 2.75) is 78.2 Å². The Morgan fingerprint density at radius 2 is 1.68 bits per heavy atom. The van der Waals surface area contributed by atoms with Crippen molar-refractivity contribution in [3.05, 3.63) is 11.1 Å². The fourth-order valence-corrected chi connectivity index (χ4v) is 6.87. The molecule has 4 rings (SSSR count). The summed E-state index contributed by atoms with van der Waals surface area (Å²) >= 11 is 0. The summed E-state index contributed by atoms with van der Waals surface area (Å²) in [5.74, 6) is 2.59. The summed E-state index contributed by atoms with van der Waals surface area (Å²) in [6.07, 6.45) is 8.29. The number of hydrogen-bond donors (Lipinski definition) is 1. The highest BCUT2D eigenvalue weighted by atomic mass is 16.3. The molecule has 22 heavy (non-hydrogen) atoms. The first-order valence-electron chi connectivity index (χ1n) is 9.27. The van der Waals surface area contributed by atoms with E-state index in [1.807, 2.05) is 0 Å². The van der Waals surface area contributed by atoms with Crippen molar-refractivity contribution in [3.63, 3.8) is 0 Å². The molecule has 4 aliphatic carbocycles. The zero-order valence-corrected chi connectivity index (χ0v) is 14.3. The first-order valence-corrected chi connectivity index (χ1v) is 9.27. The van der Waals surface area contributed by atoms with Gasteiger partial charge in [-0.05, 0) is 75.0 Å². The van der Waals surface area contributed by atoms with Gasteiger partial charge in [-0.2, -0.15) is 0 Å². The summed E-state index contributed by atoms with van der Waals surface area (Å²) in [5, 5.41) is 10.1. The van der Waals surface area contributed by atoms with Crippen LogP contribution in [0.2, 0.25) is 0 Å². The van der Waals surface area contributed by atoms with Crippen molar-refractivity contribution in [2.24, 2.45) is 28.6 Å². The van der Waals surface area contributed by atoms with Crippen LogP contribution in [0.25, 0.3) is 0 Å². The van der Waals surface area contributed by atoms with E-state index in [4.69, 9.17) is 0 Å². The Labute approximate surface area is 134 Å². The van der Waals surface area contributed by atoms with Crippen molar-refractivity contribution in [1.82, 2.24) is 0 Å². The lowest BCUT2D eigenvalue weighted by atomic mass is 9.47. The molecule has 1 unspecified atom stereocenters. The van der Waals surface area contributed by atoms with Gasteiger partial charge in [0.2, 0.25) is 0 Å². The summed E-state index contributed by atoms with van der Waals surface area (Å²) in [5.41, 5.74) is 3.37. The zero-order valence-electron chi connectivity index (χ0n) is 14.3. The second-order valence-corrected chi connectivity index (χ2v) is 9.07. The molecule has 0 aromatic heterocycles. The SMILES string of the molecule is CC1=C2CC(O)CC[C@]2(C)[C@H]2CC[C@]3(C)C(=O)CC[C@H]3[C@@H]2C1. The molecule has 3 fully saturated rings. The zero-order chi connectivity index (χ0) is 15.7. The van der Waals surface area contributed by atoms with E-state index < -0.39 is 0 Å². The summed E-state index contributed by atoms with van der Waals surface area (Å²) in [6.45, 7) is 7.02. The van der Waals surface area contributed by atoms with E-state index in [9.17, 15) is 9.90 Å². The molecule has 0 amide bonds. The first-order chi connectivity index (χ1) is 10.4. The Bertz CT molecular complexity index is 548. The molecule has 122 valence electrons. The number of carbonyl (C=O) groups excluding carboxylic acids is 1. The predicted octanol–water partition coefficient (Wildman–Crippen LogP) is 4.27. The predicted molar refractivity (Wildman–Crippen MR) is 87.3 cm³/mol. The molecule has 1 N–H and O–H groups in total. The van der Waals surface area contributed by atoms with Gasteiger partial charge in [-0.15, -0.1) is 0 Å². The standard InChI is InChI=1S/C20H30O2/c1-12-10-14-15-4-5-18(22)20(15,3)9-7-16(14)19(2)8-6-13(21)11-17(12)19/h13-16,21H,4-11H2,1-3H3/t13?,14-,15-,16-,19+,20-/m0/s1. The number of carbonyl (C=O) groups is 1. The molecule has 0 spiro atoms. The molecule has 6 atom stereocenters. The van der Waals surface area contributed by atoms with Gasteiger partial charge in [0.1, 0.15) is 5.78 Å². The van der Waals surface area contributed by atoms with E-state index in [0.717, 1.165) is 44.4 Å². The van der Waals surface area contributed by atoms with Gasteiger partial charge >= 0.3 is 0 Å². The number of fused-ring (bicyclic) bond motifs is 5. The van der Waals surface area contributed by atoms with Crippen LogP contribution in [0.1, 0.15) is 72.1 Å². The number of Topliss-reactive ketones (excluding diaryl/α,β-unsaturated/α-hetero) is 1. The third-order valence-electron chi connectivity index (χ3n) is 8.15. The van der Waals surface area contributed by atoms with Gasteiger partial charge in [-0.3, -0.25) is 4.79 Å². The lowest BCUT2D eigenvalue weighted by Gasteiger charge is -2.57. The third-order valence-corrected chi connectivity index (χ3v) is 8.15. The second-order valence-electron chi connectivity index (χ2n) is 9.07. The first kappa shape index (κ1) is 14.9. The van der Waals surface area contributed by atoms with E-state index >= 15 is 0 Å². The number of aliphatic hydroxyl groups excluding tert-OH is 1. The summed E-state index contributed by atoms with van der Waals surface area (Å²) < 4.78 is 0. The molecular weight excluding hydrogens is 272 g/mol. The lowest BCUT2D eigenvalue weighted by molar-refractivity contribution is -0.132. The average molecular weight is 302 g/mol. The van der Waals surface area contributed by atoms with Gasteiger partial charge in [0.05, 0.1) is 6.10 Å². The van der Waals surface area contributed by atoms with Crippen molar-refractivity contribution in [3.8, 4) is 0 Å². The second kappa shape index (κ2) is 4.69. The topological polar surface area (TPSA) is 37.3 Å².